The second-order valence-electron chi connectivity index (χ2n) is 4.56. The third kappa shape index (κ3) is 3.94. The van der Waals surface area contributed by atoms with Crippen LogP contribution in [0.15, 0.2) is 0 Å². The quantitative estimate of drug-likeness (QED) is 0.720. The first-order valence-electron chi connectivity index (χ1n) is 5.24. The van der Waals surface area contributed by atoms with Gasteiger partial charge in [-0.15, -0.1) is 0 Å². The molecule has 0 radical (unpaired) electrons. The van der Waals surface area contributed by atoms with E-state index in [1.165, 1.54) is 0 Å². The van der Waals surface area contributed by atoms with Crippen LogP contribution in [-0.4, -0.2) is 35.5 Å². The number of hydrogen-bond acceptors (Lipinski definition) is 1. The molecule has 15 heavy (non-hydrogen) atoms. The molecular formula is C10H17BrF3N. The summed E-state index contributed by atoms with van der Waals surface area (Å²) in [5, 5.41) is 0. The number of rotatable bonds is 3. The van der Waals surface area contributed by atoms with Gasteiger partial charge in [0.25, 0.3) is 0 Å². The highest BCUT2D eigenvalue weighted by Gasteiger charge is 2.39. The van der Waals surface area contributed by atoms with E-state index in [1.54, 1.807) is 0 Å². The van der Waals surface area contributed by atoms with Crippen LogP contribution in [0.25, 0.3) is 0 Å². The van der Waals surface area contributed by atoms with E-state index < -0.39 is 11.0 Å². The average molecular weight is 288 g/mol. The number of hydrogen-bond donors (Lipinski definition) is 0. The lowest BCUT2D eigenvalue weighted by Crippen LogP contribution is -2.36. The fraction of sp³-hybridized carbons (Fsp3) is 1.00. The van der Waals surface area contributed by atoms with Gasteiger partial charge < -0.3 is 4.90 Å². The Kier molecular flexibility index (Phi) is 4.47. The average Bonchev–Trinajstić information content (AvgIpc) is 2.50. The summed E-state index contributed by atoms with van der Waals surface area (Å²) in [4.78, 5) is 0.508. The summed E-state index contributed by atoms with van der Waals surface area (Å²) in [6.45, 7) is 5.93. The lowest BCUT2D eigenvalue weighted by atomic mass is 9.95. The molecule has 2 unspecified atom stereocenters. The lowest BCUT2D eigenvalue weighted by Gasteiger charge is -2.22. The fourth-order valence-corrected chi connectivity index (χ4v) is 2.31. The van der Waals surface area contributed by atoms with Crippen LogP contribution >= 0.6 is 15.9 Å². The molecule has 1 saturated heterocycles. The molecule has 5 heteroatoms. The first-order valence-corrected chi connectivity index (χ1v) is 6.15. The van der Waals surface area contributed by atoms with Crippen LogP contribution in [0.1, 0.15) is 20.3 Å². The molecule has 1 aliphatic heterocycles. The summed E-state index contributed by atoms with van der Waals surface area (Å²) in [5.74, 6) is 1.12. The van der Waals surface area contributed by atoms with Gasteiger partial charge in [0.2, 0.25) is 0 Å². The Morgan fingerprint density at radius 3 is 2.40 bits per heavy atom. The van der Waals surface area contributed by atoms with Crippen LogP contribution in [0.2, 0.25) is 0 Å². The van der Waals surface area contributed by atoms with Gasteiger partial charge in [0.05, 0.1) is 0 Å². The van der Waals surface area contributed by atoms with Crippen molar-refractivity contribution < 1.29 is 13.2 Å². The first kappa shape index (κ1) is 13.3. The third-order valence-corrected chi connectivity index (χ3v) is 3.83. The van der Waals surface area contributed by atoms with Crippen molar-refractivity contribution in [2.24, 2.45) is 11.8 Å². The van der Waals surface area contributed by atoms with Gasteiger partial charge in [0, 0.05) is 13.1 Å². The van der Waals surface area contributed by atoms with Gasteiger partial charge in [-0.2, -0.15) is 13.2 Å². The number of likely N-dealkylation sites (tertiary alicyclic amines) is 1. The summed E-state index contributed by atoms with van der Waals surface area (Å²) in [6, 6.07) is 0. The van der Waals surface area contributed by atoms with E-state index in [0.717, 1.165) is 19.5 Å². The molecule has 0 spiro atoms. The van der Waals surface area contributed by atoms with Gasteiger partial charge in [0.1, 0.15) is 4.83 Å². The molecular weight excluding hydrogens is 271 g/mol. The molecule has 2 atom stereocenters. The van der Waals surface area contributed by atoms with Gasteiger partial charge >= 0.3 is 6.18 Å². The predicted molar refractivity (Wildman–Crippen MR) is 58.2 cm³/mol. The largest absolute Gasteiger partial charge is 0.402 e. The highest BCUT2D eigenvalue weighted by atomic mass is 79.9. The maximum absolute atomic E-state index is 12.3. The predicted octanol–water partition coefficient (Wildman–Crippen LogP) is 3.29. The lowest BCUT2D eigenvalue weighted by molar-refractivity contribution is -0.130. The van der Waals surface area contributed by atoms with E-state index in [9.17, 15) is 13.2 Å². The first-order chi connectivity index (χ1) is 6.80. The zero-order valence-corrected chi connectivity index (χ0v) is 10.6. The molecule has 0 amide bonds. The van der Waals surface area contributed by atoms with Gasteiger partial charge in [-0.25, -0.2) is 0 Å². The molecule has 0 aromatic carbocycles. The van der Waals surface area contributed by atoms with Gasteiger partial charge in [-0.3, -0.25) is 0 Å². The molecule has 0 aromatic rings. The number of halogens is 4. The minimum atomic E-state index is -4.13. The zero-order chi connectivity index (χ0) is 11.6. The second kappa shape index (κ2) is 5.04. The second-order valence-corrected chi connectivity index (χ2v) is 5.67. The van der Waals surface area contributed by atoms with Crippen LogP contribution < -0.4 is 0 Å². The topological polar surface area (TPSA) is 3.24 Å². The highest BCUT2D eigenvalue weighted by molar-refractivity contribution is 9.09. The van der Waals surface area contributed by atoms with Gasteiger partial charge in [-0.1, -0.05) is 29.8 Å². The van der Waals surface area contributed by atoms with Crippen molar-refractivity contribution in [3.8, 4) is 0 Å². The van der Waals surface area contributed by atoms with E-state index in [1.807, 2.05) is 4.90 Å². The monoisotopic (exact) mass is 287 g/mol. The van der Waals surface area contributed by atoms with E-state index >= 15 is 0 Å². The van der Waals surface area contributed by atoms with Crippen LogP contribution in [0.5, 0.6) is 0 Å². The van der Waals surface area contributed by atoms with Crippen molar-refractivity contribution in [3.05, 3.63) is 0 Å². The summed E-state index contributed by atoms with van der Waals surface area (Å²) < 4.78 is 36.9. The fourth-order valence-electron chi connectivity index (χ4n) is 1.90. The molecule has 0 aliphatic carbocycles. The Morgan fingerprint density at radius 2 is 2.00 bits per heavy atom. The Morgan fingerprint density at radius 1 is 1.40 bits per heavy atom. The van der Waals surface area contributed by atoms with Crippen molar-refractivity contribution in [2.45, 2.75) is 31.3 Å². The van der Waals surface area contributed by atoms with E-state index in [0.29, 0.717) is 11.8 Å². The maximum Gasteiger partial charge on any atom is 0.402 e. The minimum Gasteiger partial charge on any atom is -0.302 e. The summed E-state index contributed by atoms with van der Waals surface area (Å²) in [6.07, 6.45) is -3.11. The van der Waals surface area contributed by atoms with Crippen LogP contribution in [0.4, 0.5) is 13.2 Å². The summed E-state index contributed by atoms with van der Waals surface area (Å²) in [7, 11) is 0. The molecule has 0 N–H and O–H groups in total. The van der Waals surface area contributed by atoms with Crippen molar-refractivity contribution in [1.29, 1.82) is 0 Å². The Hall–Kier alpha value is 0.230. The summed E-state index contributed by atoms with van der Waals surface area (Å²) >= 11 is 2.70. The highest BCUT2D eigenvalue weighted by Crippen LogP contribution is 2.30. The van der Waals surface area contributed by atoms with Crippen molar-refractivity contribution in [3.63, 3.8) is 0 Å². The smallest absolute Gasteiger partial charge is 0.302 e. The summed E-state index contributed by atoms with van der Waals surface area (Å²) in [5.41, 5.74) is 0. The molecule has 1 heterocycles. The van der Waals surface area contributed by atoms with Crippen molar-refractivity contribution in [1.82, 2.24) is 4.90 Å². The Balaban J connectivity index is 2.36. The molecule has 1 nitrogen and oxygen atoms in total. The van der Waals surface area contributed by atoms with Gasteiger partial charge in [-0.05, 0) is 24.8 Å². The maximum atomic E-state index is 12.3. The molecule has 1 fully saturated rings. The van der Waals surface area contributed by atoms with Gasteiger partial charge in [0.15, 0.2) is 0 Å². The standard InChI is InChI=1S/C10H17BrF3N/c1-7(2)8-3-4-15(5-8)6-9(11)10(12,13)14/h7-9H,3-6H2,1-2H3. The molecule has 90 valence electrons. The van der Waals surface area contributed by atoms with E-state index in [4.69, 9.17) is 0 Å². The van der Waals surface area contributed by atoms with Crippen LogP contribution in [0.3, 0.4) is 0 Å². The molecule has 1 rings (SSSR count). The molecule has 0 bridgehead atoms. The van der Waals surface area contributed by atoms with Crippen molar-refractivity contribution >= 4 is 15.9 Å². The van der Waals surface area contributed by atoms with E-state index in [-0.39, 0.29) is 6.54 Å². The van der Waals surface area contributed by atoms with Crippen LogP contribution in [-0.2, 0) is 0 Å². The third-order valence-electron chi connectivity index (χ3n) is 3.03. The molecule has 0 saturated carbocycles. The van der Waals surface area contributed by atoms with E-state index in [2.05, 4.69) is 29.8 Å². The molecule has 0 aromatic heterocycles. The number of nitrogens with zero attached hydrogens (tertiary/aromatic N) is 1. The molecule has 1 aliphatic rings. The SMILES string of the molecule is CC(C)C1CCN(CC(Br)C(F)(F)F)C1. The number of alkyl halides is 4. The minimum absolute atomic E-state index is 0.0761. The Labute approximate surface area is 97.1 Å². The van der Waals surface area contributed by atoms with Crippen molar-refractivity contribution in [2.75, 3.05) is 19.6 Å². The normalized spacial score (nSPS) is 26.2. The van der Waals surface area contributed by atoms with Crippen LogP contribution in [0, 0.1) is 11.8 Å². The zero-order valence-electron chi connectivity index (χ0n) is 9.02. The Bertz CT molecular complexity index is 205.